The summed E-state index contributed by atoms with van der Waals surface area (Å²) in [6, 6.07) is 0.162. The molecule has 0 saturated carbocycles. The lowest BCUT2D eigenvalue weighted by molar-refractivity contribution is -0.113. The smallest absolute Gasteiger partial charge is 0.341 e. The number of ether oxygens (including phenoxy) is 1. The van der Waals surface area contributed by atoms with Crippen LogP contribution in [0.4, 0.5) is 5.00 Å². The van der Waals surface area contributed by atoms with Crippen LogP contribution in [0.5, 0.6) is 0 Å². The molecule has 0 spiro atoms. The van der Waals surface area contributed by atoms with Crippen LogP contribution in [0.1, 0.15) is 51.3 Å². The number of hydrogen-bond acceptors (Lipinski definition) is 8. The number of carbonyl (C=O) groups excluding carboxylic acids is 3. The van der Waals surface area contributed by atoms with Crippen molar-refractivity contribution in [1.82, 2.24) is 14.8 Å². The second-order valence-corrected chi connectivity index (χ2v) is 7.91. The molecule has 9 nitrogen and oxygen atoms in total. The van der Waals surface area contributed by atoms with Crippen LogP contribution in [0, 0.1) is 13.8 Å². The normalized spacial score (nSPS) is 10.9. The van der Waals surface area contributed by atoms with Crippen LogP contribution < -0.4 is 11.1 Å². The van der Waals surface area contributed by atoms with E-state index in [4.69, 9.17) is 10.5 Å². The van der Waals surface area contributed by atoms with Crippen molar-refractivity contribution < 1.29 is 19.1 Å². The zero-order valence-corrected chi connectivity index (χ0v) is 17.3. The number of methoxy groups -OCH3 is 1. The molecule has 0 aliphatic heterocycles. The van der Waals surface area contributed by atoms with Crippen molar-refractivity contribution in [2.75, 3.05) is 18.2 Å². The number of nitrogens with zero attached hydrogens (tertiary/aromatic N) is 3. The summed E-state index contributed by atoms with van der Waals surface area (Å²) in [4.78, 5) is 36.2. The summed E-state index contributed by atoms with van der Waals surface area (Å²) < 4.78 is 6.67. The number of nitrogens with two attached hydrogens (primary N) is 1. The van der Waals surface area contributed by atoms with E-state index in [0.29, 0.717) is 10.7 Å². The fourth-order valence-electron chi connectivity index (χ4n) is 2.52. The Morgan fingerprint density at radius 1 is 1.30 bits per heavy atom. The van der Waals surface area contributed by atoms with Crippen molar-refractivity contribution in [2.24, 2.45) is 5.73 Å². The van der Waals surface area contributed by atoms with Gasteiger partial charge >= 0.3 is 5.97 Å². The van der Waals surface area contributed by atoms with Crippen molar-refractivity contribution in [3.8, 4) is 0 Å². The SMILES string of the molecule is COC(=O)c1c(NC(=O)CSc2nnc(C)n2C(C)C)sc(C(N)=O)c1C. The second kappa shape index (κ2) is 8.53. The fourth-order valence-corrected chi connectivity index (χ4v) is 4.50. The van der Waals surface area contributed by atoms with Gasteiger partial charge in [-0.15, -0.1) is 21.5 Å². The van der Waals surface area contributed by atoms with Gasteiger partial charge in [-0.2, -0.15) is 0 Å². The molecular weight excluding hydrogens is 390 g/mol. The zero-order valence-electron chi connectivity index (χ0n) is 15.7. The number of thioether (sulfide) groups is 1. The van der Waals surface area contributed by atoms with Crippen LogP contribution in [-0.4, -0.2) is 45.4 Å². The molecule has 0 atom stereocenters. The lowest BCUT2D eigenvalue weighted by Crippen LogP contribution is -2.16. The van der Waals surface area contributed by atoms with Gasteiger partial charge < -0.3 is 20.4 Å². The van der Waals surface area contributed by atoms with Gasteiger partial charge in [-0.25, -0.2) is 4.79 Å². The number of aromatic nitrogens is 3. The molecule has 2 amide bonds. The molecule has 146 valence electrons. The molecule has 2 aromatic rings. The summed E-state index contributed by atoms with van der Waals surface area (Å²) in [6.45, 7) is 7.44. The van der Waals surface area contributed by atoms with E-state index in [1.165, 1.54) is 18.9 Å². The Hall–Kier alpha value is -2.40. The minimum absolute atomic E-state index is 0.0638. The lowest BCUT2D eigenvalue weighted by atomic mass is 10.1. The highest BCUT2D eigenvalue weighted by molar-refractivity contribution is 7.99. The second-order valence-electron chi connectivity index (χ2n) is 5.95. The number of rotatable bonds is 7. The molecule has 11 heteroatoms. The van der Waals surface area contributed by atoms with E-state index in [1.54, 1.807) is 6.92 Å². The molecule has 0 fully saturated rings. The van der Waals surface area contributed by atoms with Crippen LogP contribution in [0.3, 0.4) is 0 Å². The molecule has 0 bridgehead atoms. The lowest BCUT2D eigenvalue weighted by Gasteiger charge is -2.11. The Morgan fingerprint density at radius 2 is 1.96 bits per heavy atom. The number of esters is 1. The van der Waals surface area contributed by atoms with Crippen LogP contribution in [0.15, 0.2) is 5.16 Å². The van der Waals surface area contributed by atoms with E-state index in [9.17, 15) is 14.4 Å². The van der Waals surface area contributed by atoms with Crippen molar-refractivity contribution in [3.63, 3.8) is 0 Å². The summed E-state index contributed by atoms with van der Waals surface area (Å²) in [5.41, 5.74) is 5.86. The largest absolute Gasteiger partial charge is 0.465 e. The predicted octanol–water partition coefficient (Wildman–Crippen LogP) is 2.15. The summed E-state index contributed by atoms with van der Waals surface area (Å²) in [5, 5.41) is 11.6. The molecule has 2 rings (SSSR count). The third kappa shape index (κ3) is 4.48. The number of thiophene rings is 1. The number of hydrogen-bond donors (Lipinski definition) is 2. The molecule has 0 aromatic carbocycles. The van der Waals surface area contributed by atoms with Gasteiger partial charge in [0.15, 0.2) is 5.16 Å². The van der Waals surface area contributed by atoms with Gasteiger partial charge in [-0.3, -0.25) is 9.59 Å². The van der Waals surface area contributed by atoms with Gasteiger partial charge in [-0.1, -0.05) is 11.8 Å². The molecule has 2 aromatic heterocycles. The third-order valence-electron chi connectivity index (χ3n) is 3.70. The maximum atomic E-state index is 12.4. The Kier molecular flexibility index (Phi) is 6.60. The number of anilines is 1. The van der Waals surface area contributed by atoms with Crippen molar-refractivity contribution >= 4 is 45.9 Å². The van der Waals surface area contributed by atoms with E-state index in [0.717, 1.165) is 17.2 Å². The van der Waals surface area contributed by atoms with Crippen molar-refractivity contribution in [3.05, 3.63) is 21.8 Å². The number of aryl methyl sites for hydroxylation is 1. The van der Waals surface area contributed by atoms with Gasteiger partial charge in [0.05, 0.1) is 23.3 Å². The summed E-state index contributed by atoms with van der Waals surface area (Å²) in [6.07, 6.45) is 0. The number of primary amides is 1. The first-order valence-electron chi connectivity index (χ1n) is 8.03. The van der Waals surface area contributed by atoms with Crippen molar-refractivity contribution in [1.29, 1.82) is 0 Å². The topological polar surface area (TPSA) is 129 Å². The highest BCUT2D eigenvalue weighted by Crippen LogP contribution is 2.33. The first kappa shape index (κ1) is 20.9. The van der Waals surface area contributed by atoms with Crippen LogP contribution >= 0.6 is 23.1 Å². The van der Waals surface area contributed by atoms with Crippen molar-refractivity contribution in [2.45, 2.75) is 38.9 Å². The molecule has 0 aliphatic carbocycles. The molecule has 0 radical (unpaired) electrons. The molecule has 27 heavy (non-hydrogen) atoms. The van der Waals surface area contributed by atoms with Crippen LogP contribution in [0.25, 0.3) is 0 Å². The Balaban J connectivity index is 2.18. The minimum atomic E-state index is -0.668. The standard InChI is InChI=1S/C16H21N5O4S2/c1-7(2)21-9(4)19-20-16(21)26-6-10(22)18-14-11(15(24)25-5)8(3)12(27-14)13(17)23/h7H,6H2,1-5H3,(H2,17,23)(H,18,22). The fraction of sp³-hybridized carbons (Fsp3) is 0.438. The molecule has 2 heterocycles. The van der Waals surface area contributed by atoms with Gasteiger partial charge in [0.2, 0.25) is 5.91 Å². The van der Waals surface area contributed by atoms with Gasteiger partial charge in [0, 0.05) is 6.04 Å². The Morgan fingerprint density at radius 3 is 2.52 bits per heavy atom. The molecule has 0 aliphatic rings. The zero-order chi connectivity index (χ0) is 20.3. The van der Waals surface area contributed by atoms with Crippen LogP contribution in [0.2, 0.25) is 0 Å². The highest BCUT2D eigenvalue weighted by Gasteiger charge is 2.25. The molecule has 0 unspecified atom stereocenters. The van der Waals surface area contributed by atoms with E-state index in [-0.39, 0.29) is 33.1 Å². The summed E-state index contributed by atoms with van der Waals surface area (Å²) in [5.74, 6) is -0.833. The maximum absolute atomic E-state index is 12.4. The average molecular weight is 412 g/mol. The quantitative estimate of drug-likeness (QED) is 0.527. The third-order valence-corrected chi connectivity index (χ3v) is 5.86. The summed E-state index contributed by atoms with van der Waals surface area (Å²) in [7, 11) is 1.23. The van der Waals surface area contributed by atoms with E-state index in [2.05, 4.69) is 15.5 Å². The Bertz CT molecular complexity index is 888. The Labute approximate surface area is 164 Å². The molecule has 0 saturated heterocycles. The summed E-state index contributed by atoms with van der Waals surface area (Å²) >= 11 is 2.19. The monoisotopic (exact) mass is 411 g/mol. The van der Waals surface area contributed by atoms with E-state index < -0.39 is 11.9 Å². The molecule has 3 N–H and O–H groups in total. The first-order valence-corrected chi connectivity index (χ1v) is 9.83. The maximum Gasteiger partial charge on any atom is 0.341 e. The minimum Gasteiger partial charge on any atom is -0.465 e. The highest BCUT2D eigenvalue weighted by atomic mass is 32.2. The molecular formula is C16H21N5O4S2. The van der Waals surface area contributed by atoms with Gasteiger partial charge in [0.1, 0.15) is 10.8 Å². The van der Waals surface area contributed by atoms with Crippen LogP contribution in [-0.2, 0) is 9.53 Å². The first-order chi connectivity index (χ1) is 12.7. The average Bonchev–Trinajstić information content (AvgIpc) is 3.12. The van der Waals surface area contributed by atoms with Gasteiger partial charge in [-0.05, 0) is 33.3 Å². The van der Waals surface area contributed by atoms with E-state index in [1.807, 2.05) is 25.3 Å². The predicted molar refractivity (Wildman–Crippen MR) is 103 cm³/mol. The number of amides is 2. The number of nitrogens with one attached hydrogen (secondary N) is 1. The van der Waals surface area contributed by atoms with Gasteiger partial charge in [0.25, 0.3) is 5.91 Å². The van der Waals surface area contributed by atoms with E-state index >= 15 is 0 Å². The number of carbonyl (C=O) groups is 3.